The number of allylic oxidation sites excluding steroid dienone is 2. The fourth-order valence-corrected chi connectivity index (χ4v) is 14.0. The highest BCUT2D eigenvalue weighted by atomic mass is 35.5. The maximum Gasteiger partial charge on any atom is 0.0695 e. The predicted octanol–water partition coefficient (Wildman–Crippen LogP) is 17.7. The second-order valence-corrected chi connectivity index (χ2v) is 21.8. The lowest BCUT2D eigenvalue weighted by molar-refractivity contribution is 0.140. The van der Waals surface area contributed by atoms with Gasteiger partial charge in [0.2, 0.25) is 0 Å². The molecule has 0 amide bonds. The Morgan fingerprint density at radius 2 is 1.11 bits per heavy atom. The van der Waals surface area contributed by atoms with E-state index in [-0.39, 0.29) is 16.7 Å². The number of benzene rings is 3. The van der Waals surface area contributed by atoms with Crippen molar-refractivity contribution in [1.29, 1.82) is 0 Å². The zero-order valence-electron chi connectivity index (χ0n) is 41.3. The zero-order chi connectivity index (χ0) is 46.7. The van der Waals surface area contributed by atoms with Gasteiger partial charge in [0.15, 0.2) is 0 Å². The topological polar surface area (TPSA) is 6.48 Å². The maximum absolute atomic E-state index is 7.48. The average Bonchev–Trinajstić information content (AvgIpc) is 3.40. The van der Waals surface area contributed by atoms with Gasteiger partial charge in [0.25, 0.3) is 0 Å². The molecule has 6 atom stereocenters. The number of nitrogens with zero attached hydrogens (tertiary/aromatic N) is 2. The first-order chi connectivity index (χ1) is 30.5. The van der Waals surface area contributed by atoms with E-state index in [4.69, 9.17) is 48.0 Å². The fraction of sp³-hybridized carbons (Fsp3) is 0.559. The van der Waals surface area contributed by atoms with Gasteiger partial charge in [-0.15, -0.1) is 0 Å². The zero-order valence-corrected chi connectivity index (χ0v) is 43.5. The Balaban J connectivity index is 0.00000335. The van der Waals surface area contributed by atoms with Crippen LogP contribution in [0, 0.1) is 54.3 Å². The van der Waals surface area contributed by atoms with Gasteiger partial charge in [-0.05, 0) is 138 Å². The Bertz CT molecular complexity index is 2170. The van der Waals surface area contributed by atoms with Crippen molar-refractivity contribution in [2.24, 2.45) is 23.7 Å². The quantitative estimate of drug-likeness (QED) is 0.164. The monoisotopic (exact) mass is 919 g/mol. The van der Waals surface area contributed by atoms with Crippen molar-refractivity contribution >= 4 is 46.2 Å². The molecule has 0 N–H and O–H groups in total. The first-order valence-electron chi connectivity index (χ1n) is 24.8. The molecule has 2 nitrogen and oxygen atoms in total. The third-order valence-electron chi connectivity index (χ3n) is 15.8. The lowest BCUT2D eigenvalue weighted by atomic mass is 9.59. The van der Waals surface area contributed by atoms with Gasteiger partial charge in [-0.3, -0.25) is 0 Å². The number of hydrogen-bond acceptors (Lipinski definition) is 2. The van der Waals surface area contributed by atoms with Crippen LogP contribution < -0.4 is 9.80 Å². The molecular weight excluding hydrogens is 843 g/mol. The Hall–Kier alpha value is -3.27. The molecular formula is C59H77Cl3N2. The number of rotatable bonds is 8. The second-order valence-electron chi connectivity index (χ2n) is 20.6. The first-order valence-corrected chi connectivity index (χ1v) is 26.0. The van der Waals surface area contributed by atoms with E-state index in [9.17, 15) is 0 Å². The number of fused-ring (bicyclic) bond motifs is 6. The smallest absolute Gasteiger partial charge is 0.0695 e. The van der Waals surface area contributed by atoms with Crippen LogP contribution in [-0.2, 0) is 10.8 Å². The summed E-state index contributed by atoms with van der Waals surface area (Å²) in [6, 6.07) is 13.1. The van der Waals surface area contributed by atoms with Gasteiger partial charge in [-0.2, -0.15) is 0 Å². The molecule has 2 saturated carbocycles. The molecule has 64 heavy (non-hydrogen) atoms. The molecule has 344 valence electrons. The van der Waals surface area contributed by atoms with Gasteiger partial charge in [-0.25, -0.2) is 0 Å². The van der Waals surface area contributed by atoms with E-state index in [1.807, 2.05) is 13.8 Å². The summed E-state index contributed by atoms with van der Waals surface area (Å²) in [5.74, 6) is 16.9. The van der Waals surface area contributed by atoms with Crippen LogP contribution in [0.25, 0.3) is 0 Å². The van der Waals surface area contributed by atoms with Crippen molar-refractivity contribution in [3.63, 3.8) is 0 Å². The SMILES string of the molecule is C=C1CC2C(C)CCCC2(C)c2cc(C)c(C(C)C)c(Cl)c2N1CCCC#Cc1ccccc1C#CCCCN1C(=C)CC2C(C)CCCC2(C)c2cc(Cl)c(C(C)C)c(Cl)c21.CC. The molecule has 0 radical (unpaired) electrons. The number of anilines is 2. The van der Waals surface area contributed by atoms with E-state index in [0.717, 1.165) is 101 Å². The third kappa shape index (κ3) is 9.74. The number of aryl methyl sites for hydroxylation is 1. The second kappa shape index (κ2) is 21.1. The maximum atomic E-state index is 7.48. The molecule has 3 aromatic rings. The van der Waals surface area contributed by atoms with Crippen LogP contribution in [0.15, 0.2) is 61.0 Å². The summed E-state index contributed by atoms with van der Waals surface area (Å²) in [6.45, 7) is 36.0. The molecule has 2 fully saturated rings. The first kappa shape index (κ1) is 50.1. The van der Waals surface area contributed by atoms with E-state index in [1.54, 1.807) is 0 Å². The summed E-state index contributed by atoms with van der Waals surface area (Å²) in [7, 11) is 0. The van der Waals surface area contributed by atoms with Gasteiger partial charge in [0.05, 0.1) is 21.4 Å². The van der Waals surface area contributed by atoms with Crippen LogP contribution in [0.3, 0.4) is 0 Å². The summed E-state index contributed by atoms with van der Waals surface area (Å²) in [5.41, 5.74) is 13.1. The van der Waals surface area contributed by atoms with Crippen LogP contribution in [0.5, 0.6) is 0 Å². The van der Waals surface area contributed by atoms with E-state index in [0.29, 0.717) is 29.6 Å². The van der Waals surface area contributed by atoms with Crippen LogP contribution in [0.4, 0.5) is 11.4 Å². The normalized spacial score (nSPS) is 25.1. The molecule has 0 bridgehead atoms. The fourth-order valence-electron chi connectivity index (χ4n) is 12.4. The van der Waals surface area contributed by atoms with Crippen molar-refractivity contribution < 1.29 is 0 Å². The molecule has 4 aliphatic rings. The molecule has 0 aromatic heterocycles. The standard InChI is InChI=1S/C57H71Cl3N2.C2H6/c1-36(2)50-40(7)32-47-54(52(50)59)61(41(8)33-45-38(5)22-20-28-56(45,47)10)30-18-12-14-24-43-26-16-17-27-44(43)25-15-13-19-31-62-42(9)34-46-39(6)23-21-29-57(46,11)48-35-49(58)51(37(3)4)53(60)55(48)62;1-2/h16-17,26-27,32,35-39,45-46H,8-9,12-13,18-23,28-31,33-34H2,1-7,10-11H3;1-2H3. The largest absolute Gasteiger partial charge is 0.344 e. The highest BCUT2D eigenvalue weighted by Gasteiger charge is 2.48. The van der Waals surface area contributed by atoms with Crippen molar-refractivity contribution in [3.8, 4) is 23.7 Å². The van der Waals surface area contributed by atoms with Crippen LogP contribution in [0.1, 0.15) is 197 Å². The van der Waals surface area contributed by atoms with Crippen molar-refractivity contribution in [1.82, 2.24) is 0 Å². The summed E-state index contributed by atoms with van der Waals surface area (Å²) in [6.07, 6.45) is 12.7. The highest BCUT2D eigenvalue weighted by Crippen LogP contribution is 2.59. The third-order valence-corrected chi connectivity index (χ3v) is 16.9. The van der Waals surface area contributed by atoms with Crippen molar-refractivity contribution in [2.75, 3.05) is 22.9 Å². The molecule has 2 heterocycles. The summed E-state index contributed by atoms with van der Waals surface area (Å²) in [5, 5.41) is 2.51. The van der Waals surface area contributed by atoms with Crippen molar-refractivity contribution in [2.45, 2.75) is 176 Å². The Kier molecular flexibility index (Phi) is 16.6. The molecule has 7 rings (SSSR count). The summed E-state index contributed by atoms with van der Waals surface area (Å²) >= 11 is 21.9. The van der Waals surface area contributed by atoms with E-state index in [1.165, 1.54) is 65.7 Å². The minimum Gasteiger partial charge on any atom is -0.344 e. The minimum absolute atomic E-state index is 0.00534. The van der Waals surface area contributed by atoms with Crippen LogP contribution in [0.2, 0.25) is 15.1 Å². The average molecular weight is 921 g/mol. The molecule has 3 aromatic carbocycles. The van der Waals surface area contributed by atoms with Gasteiger partial charge >= 0.3 is 0 Å². The summed E-state index contributed by atoms with van der Waals surface area (Å²) < 4.78 is 0. The number of hydrogen-bond donors (Lipinski definition) is 0. The minimum atomic E-state index is 0.00534. The number of unbranched alkanes of at least 4 members (excludes halogenated alkanes) is 2. The Morgan fingerprint density at radius 3 is 1.55 bits per heavy atom. The molecule has 0 spiro atoms. The molecule has 6 unspecified atom stereocenters. The predicted molar refractivity (Wildman–Crippen MR) is 281 cm³/mol. The van der Waals surface area contributed by atoms with Gasteiger partial charge in [-0.1, -0.05) is 185 Å². The molecule has 0 saturated heterocycles. The van der Waals surface area contributed by atoms with Crippen LogP contribution in [-0.4, -0.2) is 13.1 Å². The van der Waals surface area contributed by atoms with Gasteiger partial charge in [0.1, 0.15) is 0 Å². The van der Waals surface area contributed by atoms with E-state index >= 15 is 0 Å². The molecule has 5 heteroatoms. The van der Waals surface area contributed by atoms with E-state index in [2.05, 4.69) is 132 Å². The van der Waals surface area contributed by atoms with Crippen LogP contribution >= 0.6 is 34.8 Å². The lowest BCUT2D eigenvalue weighted by Gasteiger charge is -2.45. The highest BCUT2D eigenvalue weighted by molar-refractivity contribution is 6.38. The van der Waals surface area contributed by atoms with Gasteiger partial charge < -0.3 is 9.80 Å². The number of halogens is 3. The Morgan fingerprint density at radius 1 is 0.688 bits per heavy atom. The lowest BCUT2D eigenvalue weighted by Crippen LogP contribution is -2.39. The molecule has 2 aliphatic heterocycles. The summed E-state index contributed by atoms with van der Waals surface area (Å²) in [4.78, 5) is 4.89. The van der Waals surface area contributed by atoms with Crippen molar-refractivity contribution in [3.05, 3.63) is 115 Å². The molecule has 2 aliphatic carbocycles. The van der Waals surface area contributed by atoms with E-state index < -0.39 is 0 Å². The Labute approximate surface area is 405 Å². The van der Waals surface area contributed by atoms with Gasteiger partial charge in [0, 0.05) is 53.5 Å².